The number of ether oxygens (including phenoxy) is 3. The van der Waals surface area contributed by atoms with Crippen molar-refractivity contribution in [3.8, 4) is 17.2 Å². The second-order valence-electron chi connectivity index (χ2n) is 8.65. The number of rotatable bonds is 7. The smallest absolute Gasteiger partial charge is 0.297 e. The number of benzene rings is 3. The Morgan fingerprint density at radius 3 is 2.58 bits per heavy atom. The molecular weight excluding hydrogens is 504 g/mol. The molecule has 6 rings (SSSR count). The van der Waals surface area contributed by atoms with Gasteiger partial charge < -0.3 is 18.6 Å². The van der Waals surface area contributed by atoms with E-state index in [0.717, 1.165) is 16.0 Å². The molecule has 192 valence electrons. The molecule has 1 amide bonds. The maximum Gasteiger partial charge on any atom is 0.297 e. The van der Waals surface area contributed by atoms with Gasteiger partial charge in [-0.15, -0.1) is 0 Å². The van der Waals surface area contributed by atoms with Crippen LogP contribution in [-0.4, -0.2) is 31.2 Å². The second-order valence-corrected chi connectivity index (χ2v) is 9.66. The number of methoxy groups -OCH3 is 1. The van der Waals surface area contributed by atoms with Crippen LogP contribution in [0.1, 0.15) is 41.6 Å². The molecule has 0 spiro atoms. The summed E-state index contributed by atoms with van der Waals surface area (Å²) < 4.78 is 23.8. The summed E-state index contributed by atoms with van der Waals surface area (Å²) in [6, 6.07) is 17.2. The van der Waals surface area contributed by atoms with Crippen molar-refractivity contribution in [2.75, 3.05) is 25.2 Å². The number of aromatic nitrogens is 1. The molecule has 3 heterocycles. The number of fused-ring (bicyclic) bond motifs is 3. The summed E-state index contributed by atoms with van der Waals surface area (Å²) in [5.74, 6) is 1.39. The first-order chi connectivity index (χ1) is 18.5. The van der Waals surface area contributed by atoms with E-state index < -0.39 is 11.9 Å². The van der Waals surface area contributed by atoms with E-state index in [1.54, 1.807) is 43.5 Å². The molecule has 0 fully saturated rings. The SMILES string of the molecule is CCOc1ccc2nc(N3C(=O)c4oc5ccccc5c(=O)c4[C@H]3c3ccc(OCC)c(OC)c3)sc2c1. The van der Waals surface area contributed by atoms with Gasteiger partial charge >= 0.3 is 0 Å². The molecule has 9 heteroatoms. The van der Waals surface area contributed by atoms with Gasteiger partial charge in [0.2, 0.25) is 5.76 Å². The third-order valence-electron chi connectivity index (χ3n) is 6.45. The number of carbonyl (C=O) groups excluding carboxylic acids is 1. The van der Waals surface area contributed by atoms with E-state index >= 15 is 0 Å². The first-order valence-corrected chi connectivity index (χ1v) is 13.1. The summed E-state index contributed by atoms with van der Waals surface area (Å²) in [5, 5.41) is 0.862. The first-order valence-electron chi connectivity index (χ1n) is 12.3. The summed E-state index contributed by atoms with van der Waals surface area (Å²) in [7, 11) is 1.55. The Labute approximate surface area is 222 Å². The van der Waals surface area contributed by atoms with Gasteiger partial charge in [0, 0.05) is 0 Å². The van der Waals surface area contributed by atoms with Crippen LogP contribution in [0.2, 0.25) is 0 Å². The maximum absolute atomic E-state index is 13.9. The Morgan fingerprint density at radius 2 is 1.79 bits per heavy atom. The molecule has 8 nitrogen and oxygen atoms in total. The van der Waals surface area contributed by atoms with Crippen LogP contribution in [0.3, 0.4) is 0 Å². The lowest BCUT2D eigenvalue weighted by molar-refractivity contribution is 0.0971. The molecule has 5 aromatic rings. The highest BCUT2D eigenvalue weighted by Crippen LogP contribution is 2.45. The molecule has 1 aliphatic rings. The van der Waals surface area contributed by atoms with E-state index in [2.05, 4.69) is 0 Å². The zero-order chi connectivity index (χ0) is 26.4. The van der Waals surface area contributed by atoms with Crippen molar-refractivity contribution in [2.24, 2.45) is 0 Å². The van der Waals surface area contributed by atoms with Crippen molar-refractivity contribution in [3.05, 3.63) is 87.8 Å². The Hall–Kier alpha value is -4.37. The molecule has 0 aliphatic carbocycles. The number of hydrogen-bond acceptors (Lipinski definition) is 8. The van der Waals surface area contributed by atoms with Crippen LogP contribution in [0, 0.1) is 0 Å². The molecular formula is C29H24N2O6S. The summed E-state index contributed by atoms with van der Waals surface area (Å²) in [5.41, 5.74) is 1.78. The summed E-state index contributed by atoms with van der Waals surface area (Å²) in [6.07, 6.45) is 0. The highest BCUT2D eigenvalue weighted by Gasteiger charge is 2.45. The summed E-state index contributed by atoms with van der Waals surface area (Å²) in [6.45, 7) is 4.82. The summed E-state index contributed by atoms with van der Waals surface area (Å²) >= 11 is 1.35. The largest absolute Gasteiger partial charge is 0.494 e. The normalized spacial score (nSPS) is 14.8. The van der Waals surface area contributed by atoms with Crippen LogP contribution in [0.5, 0.6) is 17.2 Å². The van der Waals surface area contributed by atoms with E-state index in [1.165, 1.54) is 16.2 Å². The van der Waals surface area contributed by atoms with Crippen molar-refractivity contribution in [2.45, 2.75) is 19.9 Å². The van der Waals surface area contributed by atoms with Crippen LogP contribution in [0.25, 0.3) is 21.2 Å². The Morgan fingerprint density at radius 1 is 0.974 bits per heavy atom. The fraction of sp³-hybridized carbons (Fsp3) is 0.207. The average Bonchev–Trinajstić information content (AvgIpc) is 3.47. The quantitative estimate of drug-likeness (QED) is 0.257. The van der Waals surface area contributed by atoms with E-state index in [1.807, 2.05) is 38.1 Å². The number of amides is 1. The van der Waals surface area contributed by atoms with E-state index in [9.17, 15) is 9.59 Å². The van der Waals surface area contributed by atoms with Gasteiger partial charge in [0.15, 0.2) is 22.1 Å². The Bertz CT molecular complexity index is 1760. The van der Waals surface area contributed by atoms with Gasteiger partial charge in [-0.25, -0.2) is 4.98 Å². The lowest BCUT2D eigenvalue weighted by atomic mass is 9.98. The number of nitrogens with zero attached hydrogens (tertiary/aromatic N) is 2. The van der Waals surface area contributed by atoms with E-state index in [-0.39, 0.29) is 16.8 Å². The third-order valence-corrected chi connectivity index (χ3v) is 7.46. The molecule has 0 saturated carbocycles. The Balaban J connectivity index is 1.58. The average molecular weight is 529 g/mol. The highest BCUT2D eigenvalue weighted by molar-refractivity contribution is 7.22. The van der Waals surface area contributed by atoms with Crippen molar-refractivity contribution in [3.63, 3.8) is 0 Å². The van der Waals surface area contributed by atoms with Gasteiger partial charge in [-0.3, -0.25) is 14.5 Å². The molecule has 0 saturated heterocycles. The van der Waals surface area contributed by atoms with Crippen LogP contribution in [0.4, 0.5) is 5.13 Å². The highest BCUT2D eigenvalue weighted by atomic mass is 32.1. The molecule has 2 aromatic heterocycles. The third kappa shape index (κ3) is 3.78. The molecule has 0 bridgehead atoms. The zero-order valence-corrected chi connectivity index (χ0v) is 21.8. The second kappa shape index (κ2) is 9.50. The molecule has 38 heavy (non-hydrogen) atoms. The van der Waals surface area contributed by atoms with Gasteiger partial charge in [0.25, 0.3) is 5.91 Å². The van der Waals surface area contributed by atoms with E-state index in [4.69, 9.17) is 23.6 Å². The zero-order valence-electron chi connectivity index (χ0n) is 21.0. The first kappa shape index (κ1) is 24.0. The molecule has 0 radical (unpaired) electrons. The van der Waals surface area contributed by atoms with Gasteiger partial charge in [-0.2, -0.15) is 0 Å². The fourth-order valence-electron chi connectivity index (χ4n) is 4.81. The van der Waals surface area contributed by atoms with Crippen molar-refractivity contribution in [1.29, 1.82) is 0 Å². The van der Waals surface area contributed by atoms with Crippen molar-refractivity contribution < 1.29 is 23.4 Å². The van der Waals surface area contributed by atoms with E-state index in [0.29, 0.717) is 46.4 Å². The predicted octanol–water partition coefficient (Wildman–Crippen LogP) is 5.96. The number of thiazole rings is 1. The maximum atomic E-state index is 13.9. The minimum Gasteiger partial charge on any atom is -0.494 e. The molecule has 0 unspecified atom stereocenters. The fourth-order valence-corrected chi connectivity index (χ4v) is 5.83. The predicted molar refractivity (Wildman–Crippen MR) is 146 cm³/mol. The number of carbonyl (C=O) groups is 1. The Kier molecular flexibility index (Phi) is 6.00. The minimum atomic E-state index is -0.769. The van der Waals surface area contributed by atoms with Gasteiger partial charge in [0.1, 0.15) is 11.3 Å². The molecule has 1 aliphatic heterocycles. The van der Waals surface area contributed by atoms with Gasteiger partial charge in [0.05, 0.1) is 47.5 Å². The standard InChI is InChI=1S/C29H24N2O6S/c1-4-35-17-11-12-19-23(15-17)38-29(30-19)31-25(16-10-13-21(36-5-2)22(14-16)34-3)24-26(32)18-8-6-7-9-20(18)37-27(24)28(31)33/h6-15,25H,4-5H2,1-3H3/t25-/m1/s1. The van der Waals surface area contributed by atoms with Crippen molar-refractivity contribution in [1.82, 2.24) is 4.98 Å². The van der Waals surface area contributed by atoms with Crippen molar-refractivity contribution >= 4 is 43.6 Å². The monoisotopic (exact) mass is 528 g/mol. The van der Waals surface area contributed by atoms with Crippen LogP contribution < -0.4 is 24.5 Å². The molecule has 1 atom stereocenters. The van der Waals surface area contributed by atoms with Crippen LogP contribution in [-0.2, 0) is 0 Å². The summed E-state index contributed by atoms with van der Waals surface area (Å²) in [4.78, 5) is 34.0. The number of para-hydroxylation sites is 1. The lowest BCUT2D eigenvalue weighted by Gasteiger charge is -2.23. The number of anilines is 1. The molecule has 0 N–H and O–H groups in total. The van der Waals surface area contributed by atoms with Crippen LogP contribution in [0.15, 0.2) is 69.9 Å². The van der Waals surface area contributed by atoms with Gasteiger partial charge in [-0.05, 0) is 61.9 Å². The van der Waals surface area contributed by atoms with Gasteiger partial charge in [-0.1, -0.05) is 29.5 Å². The number of hydrogen-bond donors (Lipinski definition) is 0. The minimum absolute atomic E-state index is 0.0146. The topological polar surface area (TPSA) is 91.1 Å². The molecule has 3 aromatic carbocycles. The van der Waals surface area contributed by atoms with Crippen LogP contribution >= 0.6 is 11.3 Å². The lowest BCUT2D eigenvalue weighted by Crippen LogP contribution is -2.29.